The molecule has 4 heteroatoms. The molecule has 2 unspecified atom stereocenters. The maximum absolute atomic E-state index is 11.6. The molecule has 0 heterocycles. The number of nitrogens with one attached hydrogen (secondary N) is 1. The van der Waals surface area contributed by atoms with Crippen LogP contribution in [0.4, 0.5) is 0 Å². The highest BCUT2D eigenvalue weighted by atomic mass is 35.5. The summed E-state index contributed by atoms with van der Waals surface area (Å²) in [6.07, 6.45) is 1.12. The average Bonchev–Trinajstić information content (AvgIpc) is 2.29. The Bertz CT molecular complexity index is 393. The minimum atomic E-state index is -0.436. The highest BCUT2D eigenvalue weighted by Crippen LogP contribution is 2.16. The van der Waals surface area contributed by atoms with Gasteiger partial charge in [-0.2, -0.15) is 0 Å². The molecule has 0 aliphatic rings. The normalized spacial score (nSPS) is 14.0. The van der Waals surface area contributed by atoms with Crippen LogP contribution in [0.2, 0.25) is 5.02 Å². The summed E-state index contributed by atoms with van der Waals surface area (Å²) in [4.78, 5) is 11.6. The average molecular weight is 270 g/mol. The van der Waals surface area contributed by atoms with Crippen LogP contribution in [0.3, 0.4) is 0 Å². The van der Waals surface area contributed by atoms with Gasteiger partial charge < -0.3 is 10.4 Å². The van der Waals surface area contributed by atoms with Crippen LogP contribution in [0.25, 0.3) is 0 Å². The maximum atomic E-state index is 11.6. The number of halogens is 1. The summed E-state index contributed by atoms with van der Waals surface area (Å²) < 4.78 is 0. The molecule has 1 aromatic carbocycles. The number of benzene rings is 1. The summed E-state index contributed by atoms with van der Waals surface area (Å²) in [7, 11) is 0. The zero-order chi connectivity index (χ0) is 13.5. The number of aliphatic hydroxyl groups is 1. The van der Waals surface area contributed by atoms with Gasteiger partial charge in [0.25, 0.3) is 0 Å². The number of amides is 1. The highest BCUT2D eigenvalue weighted by Gasteiger charge is 2.10. The van der Waals surface area contributed by atoms with Gasteiger partial charge in [0.2, 0.25) is 5.91 Å². The predicted molar refractivity (Wildman–Crippen MR) is 73.7 cm³/mol. The first-order chi connectivity index (χ1) is 8.49. The van der Waals surface area contributed by atoms with E-state index < -0.39 is 6.10 Å². The van der Waals surface area contributed by atoms with E-state index in [1.807, 2.05) is 31.2 Å². The van der Waals surface area contributed by atoms with E-state index in [2.05, 4.69) is 5.32 Å². The van der Waals surface area contributed by atoms with E-state index in [-0.39, 0.29) is 11.9 Å². The molecule has 1 aromatic rings. The zero-order valence-electron chi connectivity index (χ0n) is 10.8. The molecule has 2 atom stereocenters. The highest BCUT2D eigenvalue weighted by molar-refractivity contribution is 6.31. The lowest BCUT2D eigenvalue weighted by atomic mass is 10.1. The molecular formula is C14H20ClNO2. The minimum absolute atomic E-state index is 0.0320. The van der Waals surface area contributed by atoms with E-state index >= 15 is 0 Å². The van der Waals surface area contributed by atoms with Gasteiger partial charge in [-0.1, -0.05) is 29.8 Å². The van der Waals surface area contributed by atoms with Crippen molar-refractivity contribution in [3.8, 4) is 0 Å². The molecule has 1 rings (SSSR count). The van der Waals surface area contributed by atoms with Gasteiger partial charge in [0, 0.05) is 17.5 Å². The SMILES string of the molecule is CC(O)CCC(=O)NC(C)Cc1ccccc1Cl. The van der Waals surface area contributed by atoms with E-state index in [9.17, 15) is 4.79 Å². The van der Waals surface area contributed by atoms with Crippen molar-refractivity contribution < 1.29 is 9.90 Å². The number of aliphatic hydroxyl groups excluding tert-OH is 1. The second-order valence-corrected chi connectivity index (χ2v) is 5.06. The Labute approximate surface area is 113 Å². The van der Waals surface area contributed by atoms with Crippen LogP contribution in [-0.4, -0.2) is 23.2 Å². The molecule has 0 spiro atoms. The lowest BCUT2D eigenvalue weighted by Crippen LogP contribution is -2.34. The quantitative estimate of drug-likeness (QED) is 0.834. The van der Waals surface area contributed by atoms with Crippen LogP contribution in [0, 0.1) is 0 Å². The second kappa shape index (κ2) is 7.39. The fourth-order valence-corrected chi connectivity index (χ4v) is 1.94. The second-order valence-electron chi connectivity index (χ2n) is 4.65. The predicted octanol–water partition coefficient (Wildman–Crippen LogP) is 2.55. The van der Waals surface area contributed by atoms with Crippen molar-refractivity contribution in [2.45, 2.75) is 45.3 Å². The van der Waals surface area contributed by atoms with Crippen molar-refractivity contribution in [3.63, 3.8) is 0 Å². The van der Waals surface area contributed by atoms with Crippen molar-refractivity contribution in [2.75, 3.05) is 0 Å². The minimum Gasteiger partial charge on any atom is -0.393 e. The smallest absolute Gasteiger partial charge is 0.220 e. The topological polar surface area (TPSA) is 49.3 Å². The van der Waals surface area contributed by atoms with Gasteiger partial charge in [0.05, 0.1) is 6.10 Å². The van der Waals surface area contributed by atoms with Gasteiger partial charge in [-0.05, 0) is 38.3 Å². The van der Waals surface area contributed by atoms with Gasteiger partial charge in [-0.15, -0.1) is 0 Å². The Hall–Kier alpha value is -1.06. The first-order valence-electron chi connectivity index (χ1n) is 6.20. The Morgan fingerprint density at radius 3 is 2.67 bits per heavy atom. The molecule has 18 heavy (non-hydrogen) atoms. The molecule has 0 fully saturated rings. The molecule has 1 amide bonds. The number of carbonyl (C=O) groups is 1. The first kappa shape index (κ1) is 15.0. The van der Waals surface area contributed by atoms with Crippen molar-refractivity contribution in [2.24, 2.45) is 0 Å². The molecule has 0 saturated carbocycles. The maximum Gasteiger partial charge on any atom is 0.220 e. The summed E-state index contributed by atoms with van der Waals surface area (Å²) in [6, 6.07) is 7.66. The Kier molecular flexibility index (Phi) is 6.16. The molecule has 3 nitrogen and oxygen atoms in total. The van der Waals surface area contributed by atoms with Crippen LogP contribution < -0.4 is 5.32 Å². The number of hydrogen-bond acceptors (Lipinski definition) is 2. The third-order valence-corrected chi connectivity index (χ3v) is 3.05. The van der Waals surface area contributed by atoms with Crippen LogP contribution in [0.15, 0.2) is 24.3 Å². The first-order valence-corrected chi connectivity index (χ1v) is 6.57. The molecule has 0 bridgehead atoms. The summed E-state index contributed by atoms with van der Waals surface area (Å²) in [6.45, 7) is 3.63. The third-order valence-electron chi connectivity index (χ3n) is 2.68. The Morgan fingerprint density at radius 2 is 2.06 bits per heavy atom. The van der Waals surface area contributed by atoms with Gasteiger partial charge in [0.15, 0.2) is 0 Å². The number of hydrogen-bond donors (Lipinski definition) is 2. The molecule has 0 aromatic heterocycles. The monoisotopic (exact) mass is 269 g/mol. The van der Waals surface area contributed by atoms with E-state index in [0.29, 0.717) is 19.3 Å². The van der Waals surface area contributed by atoms with Gasteiger partial charge in [0.1, 0.15) is 0 Å². The molecule has 2 N–H and O–H groups in total. The molecule has 0 radical (unpaired) electrons. The standard InChI is InChI=1S/C14H20ClNO2/c1-10(16-14(18)8-7-11(2)17)9-12-5-3-4-6-13(12)15/h3-6,10-11,17H,7-9H2,1-2H3,(H,16,18). The molecule has 100 valence electrons. The van der Waals surface area contributed by atoms with Crippen LogP contribution >= 0.6 is 11.6 Å². The van der Waals surface area contributed by atoms with E-state index in [1.165, 1.54) is 0 Å². The number of rotatable bonds is 6. The molecule has 0 aliphatic heterocycles. The van der Waals surface area contributed by atoms with Crippen LogP contribution in [-0.2, 0) is 11.2 Å². The third kappa shape index (κ3) is 5.52. The summed E-state index contributed by atoms with van der Waals surface area (Å²) >= 11 is 6.06. The van der Waals surface area contributed by atoms with Gasteiger partial charge in [-0.3, -0.25) is 4.79 Å². The zero-order valence-corrected chi connectivity index (χ0v) is 11.6. The summed E-state index contributed by atoms with van der Waals surface area (Å²) in [5, 5.41) is 12.7. The van der Waals surface area contributed by atoms with E-state index in [0.717, 1.165) is 10.6 Å². The molecule has 0 aliphatic carbocycles. The van der Waals surface area contributed by atoms with Crippen molar-refractivity contribution >= 4 is 17.5 Å². The van der Waals surface area contributed by atoms with E-state index in [1.54, 1.807) is 6.92 Å². The molecular weight excluding hydrogens is 250 g/mol. The largest absolute Gasteiger partial charge is 0.393 e. The van der Waals surface area contributed by atoms with E-state index in [4.69, 9.17) is 16.7 Å². The van der Waals surface area contributed by atoms with Crippen LogP contribution in [0.1, 0.15) is 32.3 Å². The Morgan fingerprint density at radius 1 is 1.39 bits per heavy atom. The van der Waals surface area contributed by atoms with Gasteiger partial charge >= 0.3 is 0 Å². The lowest BCUT2D eigenvalue weighted by Gasteiger charge is -2.15. The van der Waals surface area contributed by atoms with Crippen molar-refractivity contribution in [1.29, 1.82) is 0 Å². The molecule has 0 saturated heterocycles. The Balaban J connectivity index is 2.40. The van der Waals surface area contributed by atoms with Crippen molar-refractivity contribution in [1.82, 2.24) is 5.32 Å². The summed E-state index contributed by atoms with van der Waals surface area (Å²) in [5.41, 5.74) is 1.03. The fraction of sp³-hybridized carbons (Fsp3) is 0.500. The number of carbonyl (C=O) groups excluding carboxylic acids is 1. The fourth-order valence-electron chi connectivity index (χ4n) is 1.73. The summed E-state index contributed by atoms with van der Waals surface area (Å²) in [5.74, 6) is -0.0320. The van der Waals surface area contributed by atoms with Crippen LogP contribution in [0.5, 0.6) is 0 Å². The van der Waals surface area contributed by atoms with Crippen molar-refractivity contribution in [3.05, 3.63) is 34.9 Å². The lowest BCUT2D eigenvalue weighted by molar-refractivity contribution is -0.122. The van der Waals surface area contributed by atoms with Gasteiger partial charge in [-0.25, -0.2) is 0 Å².